The zero-order chi connectivity index (χ0) is 15.5. The van der Waals surface area contributed by atoms with E-state index in [1.165, 1.54) is 24.3 Å². The van der Waals surface area contributed by atoms with E-state index in [4.69, 9.17) is 11.5 Å². The Bertz CT molecular complexity index is 835. The van der Waals surface area contributed by atoms with Gasteiger partial charge < -0.3 is 5.11 Å². The molecule has 2 aromatic carbocycles. The first kappa shape index (κ1) is 14.6. The Kier molecular flexibility index (Phi) is 3.96. The SMILES string of the molecule is C#Cc1cccc(NS(=O)(=O)c2cccc(C(=O)O)c2)c1. The molecular formula is C15H11NO4S. The summed E-state index contributed by atoms with van der Waals surface area (Å²) in [6.07, 6.45) is 5.25. The van der Waals surface area contributed by atoms with Crippen molar-refractivity contribution in [3.8, 4) is 12.3 Å². The minimum absolute atomic E-state index is 0.102. The summed E-state index contributed by atoms with van der Waals surface area (Å²) in [6, 6.07) is 11.5. The predicted octanol–water partition coefficient (Wildman–Crippen LogP) is 2.17. The number of hydrogen-bond acceptors (Lipinski definition) is 3. The Morgan fingerprint density at radius 2 is 1.86 bits per heavy atom. The molecule has 21 heavy (non-hydrogen) atoms. The van der Waals surface area contributed by atoms with Crippen LogP contribution in [0, 0.1) is 12.3 Å². The van der Waals surface area contributed by atoms with E-state index in [2.05, 4.69) is 10.6 Å². The zero-order valence-electron chi connectivity index (χ0n) is 10.8. The molecule has 0 aliphatic carbocycles. The molecule has 6 heteroatoms. The van der Waals surface area contributed by atoms with Crippen LogP contribution in [0.5, 0.6) is 0 Å². The minimum atomic E-state index is -3.88. The number of sulfonamides is 1. The third-order valence-corrected chi connectivity index (χ3v) is 4.05. The van der Waals surface area contributed by atoms with Crippen molar-refractivity contribution in [3.05, 3.63) is 59.7 Å². The highest BCUT2D eigenvalue weighted by atomic mass is 32.2. The first-order chi connectivity index (χ1) is 9.92. The lowest BCUT2D eigenvalue weighted by Gasteiger charge is -2.09. The van der Waals surface area contributed by atoms with Crippen LogP contribution in [-0.4, -0.2) is 19.5 Å². The molecular weight excluding hydrogens is 290 g/mol. The van der Waals surface area contributed by atoms with E-state index >= 15 is 0 Å². The van der Waals surface area contributed by atoms with Crippen molar-refractivity contribution in [1.82, 2.24) is 0 Å². The molecule has 106 valence electrons. The van der Waals surface area contributed by atoms with Gasteiger partial charge >= 0.3 is 5.97 Å². The molecule has 2 aromatic rings. The third-order valence-electron chi connectivity index (χ3n) is 2.67. The van der Waals surface area contributed by atoms with Crippen LogP contribution in [0.4, 0.5) is 5.69 Å². The molecule has 0 bridgehead atoms. The van der Waals surface area contributed by atoms with Gasteiger partial charge in [-0.1, -0.05) is 18.1 Å². The van der Waals surface area contributed by atoms with Gasteiger partial charge in [0.05, 0.1) is 16.1 Å². The fourth-order valence-corrected chi connectivity index (χ4v) is 2.78. The van der Waals surface area contributed by atoms with Crippen molar-refractivity contribution in [3.63, 3.8) is 0 Å². The molecule has 5 nitrogen and oxygen atoms in total. The second kappa shape index (κ2) is 5.69. The van der Waals surface area contributed by atoms with Gasteiger partial charge in [0.15, 0.2) is 0 Å². The first-order valence-corrected chi connectivity index (χ1v) is 7.33. The van der Waals surface area contributed by atoms with Crippen LogP contribution in [0.2, 0.25) is 0 Å². The molecule has 0 unspecified atom stereocenters. The fourth-order valence-electron chi connectivity index (χ4n) is 1.68. The smallest absolute Gasteiger partial charge is 0.335 e. The van der Waals surface area contributed by atoms with Crippen molar-refractivity contribution in [1.29, 1.82) is 0 Å². The number of carboxylic acids is 1. The summed E-state index contributed by atoms with van der Waals surface area (Å²) in [7, 11) is -3.88. The standard InChI is InChI=1S/C15H11NO4S/c1-2-11-5-3-7-13(9-11)16-21(19,20)14-8-4-6-12(10-14)15(17)18/h1,3-10,16H,(H,17,18). The Labute approximate surface area is 122 Å². The van der Waals surface area contributed by atoms with E-state index in [0.29, 0.717) is 11.3 Å². The van der Waals surface area contributed by atoms with E-state index in [1.54, 1.807) is 18.2 Å². The molecule has 0 fully saturated rings. The van der Waals surface area contributed by atoms with Gasteiger partial charge in [-0.3, -0.25) is 4.72 Å². The Morgan fingerprint density at radius 1 is 1.14 bits per heavy atom. The molecule has 0 aliphatic heterocycles. The second-order valence-electron chi connectivity index (χ2n) is 4.16. The molecule has 0 radical (unpaired) electrons. The van der Waals surface area contributed by atoms with Crippen LogP contribution in [0.3, 0.4) is 0 Å². The summed E-state index contributed by atoms with van der Waals surface area (Å²) in [5, 5.41) is 8.90. The fraction of sp³-hybridized carbons (Fsp3) is 0. The van der Waals surface area contributed by atoms with Crippen LogP contribution in [0.25, 0.3) is 0 Å². The van der Waals surface area contributed by atoms with Gasteiger partial charge in [0.1, 0.15) is 0 Å². The van der Waals surface area contributed by atoms with Crippen LogP contribution < -0.4 is 4.72 Å². The highest BCUT2D eigenvalue weighted by Crippen LogP contribution is 2.18. The number of rotatable bonds is 4. The van der Waals surface area contributed by atoms with Gasteiger partial charge in [-0.15, -0.1) is 6.42 Å². The molecule has 0 aromatic heterocycles. The van der Waals surface area contributed by atoms with Gasteiger partial charge in [0, 0.05) is 5.56 Å². The lowest BCUT2D eigenvalue weighted by atomic mass is 10.2. The molecule has 0 atom stereocenters. The number of nitrogens with one attached hydrogen (secondary N) is 1. The van der Waals surface area contributed by atoms with Crippen molar-refractivity contribution in [2.45, 2.75) is 4.90 Å². The average molecular weight is 301 g/mol. The molecule has 0 saturated heterocycles. The predicted molar refractivity (Wildman–Crippen MR) is 78.6 cm³/mol. The maximum Gasteiger partial charge on any atom is 0.335 e. The summed E-state index contributed by atoms with van der Waals surface area (Å²) >= 11 is 0. The maximum atomic E-state index is 12.2. The van der Waals surface area contributed by atoms with E-state index in [0.717, 1.165) is 6.07 Å². The molecule has 2 rings (SSSR count). The van der Waals surface area contributed by atoms with Crippen molar-refractivity contribution < 1.29 is 18.3 Å². The Morgan fingerprint density at radius 3 is 2.52 bits per heavy atom. The van der Waals surface area contributed by atoms with Crippen LogP contribution in [0.15, 0.2) is 53.4 Å². The number of benzene rings is 2. The lowest BCUT2D eigenvalue weighted by molar-refractivity contribution is 0.0696. The van der Waals surface area contributed by atoms with E-state index in [1.807, 2.05) is 0 Å². The van der Waals surface area contributed by atoms with Crippen molar-refractivity contribution >= 4 is 21.7 Å². The zero-order valence-corrected chi connectivity index (χ0v) is 11.6. The molecule has 0 amide bonds. The monoisotopic (exact) mass is 301 g/mol. The third kappa shape index (κ3) is 3.41. The minimum Gasteiger partial charge on any atom is -0.478 e. The number of aromatic carboxylic acids is 1. The summed E-state index contributed by atoms with van der Waals surface area (Å²) in [5.41, 5.74) is 0.746. The van der Waals surface area contributed by atoms with E-state index in [9.17, 15) is 13.2 Å². The van der Waals surface area contributed by atoms with Crippen molar-refractivity contribution in [2.75, 3.05) is 4.72 Å². The molecule has 0 heterocycles. The Balaban J connectivity index is 2.36. The van der Waals surface area contributed by atoms with Gasteiger partial charge in [-0.05, 0) is 36.4 Å². The molecule has 0 aliphatic rings. The van der Waals surface area contributed by atoms with Gasteiger partial charge in [-0.25, -0.2) is 13.2 Å². The lowest BCUT2D eigenvalue weighted by Crippen LogP contribution is -2.13. The topological polar surface area (TPSA) is 83.5 Å². The van der Waals surface area contributed by atoms with Crippen LogP contribution in [0.1, 0.15) is 15.9 Å². The highest BCUT2D eigenvalue weighted by molar-refractivity contribution is 7.92. The number of carboxylic acid groups (broad SMARTS) is 1. The molecule has 0 spiro atoms. The van der Waals surface area contributed by atoms with Gasteiger partial charge in [0.2, 0.25) is 0 Å². The summed E-state index contributed by atoms with van der Waals surface area (Å²) < 4.78 is 26.8. The maximum absolute atomic E-state index is 12.2. The first-order valence-electron chi connectivity index (χ1n) is 5.85. The summed E-state index contributed by atoms with van der Waals surface area (Å²) in [5.74, 6) is 1.21. The molecule has 2 N–H and O–H groups in total. The number of carbonyl (C=O) groups is 1. The quantitative estimate of drug-likeness (QED) is 0.848. The number of hydrogen-bond donors (Lipinski definition) is 2. The summed E-state index contributed by atoms with van der Waals surface area (Å²) in [4.78, 5) is 10.8. The van der Waals surface area contributed by atoms with E-state index < -0.39 is 16.0 Å². The molecule has 0 saturated carbocycles. The van der Waals surface area contributed by atoms with Crippen LogP contribution in [-0.2, 0) is 10.0 Å². The average Bonchev–Trinajstić information content (AvgIpc) is 2.47. The number of terminal acetylenes is 1. The second-order valence-corrected chi connectivity index (χ2v) is 5.85. The number of anilines is 1. The van der Waals surface area contributed by atoms with Crippen molar-refractivity contribution in [2.24, 2.45) is 0 Å². The van der Waals surface area contributed by atoms with E-state index in [-0.39, 0.29) is 10.5 Å². The van der Waals surface area contributed by atoms with Crippen LogP contribution >= 0.6 is 0 Å². The Hall–Kier alpha value is -2.78. The van der Waals surface area contributed by atoms with Gasteiger partial charge in [-0.2, -0.15) is 0 Å². The highest BCUT2D eigenvalue weighted by Gasteiger charge is 2.16. The largest absolute Gasteiger partial charge is 0.478 e. The van der Waals surface area contributed by atoms with Gasteiger partial charge in [0.25, 0.3) is 10.0 Å². The normalized spacial score (nSPS) is 10.6. The summed E-state index contributed by atoms with van der Waals surface area (Å²) in [6.45, 7) is 0.